The Hall–Kier alpha value is -1.95. The molecule has 0 saturated carbocycles. The first kappa shape index (κ1) is 15.4. The van der Waals surface area contributed by atoms with Crippen molar-refractivity contribution in [1.29, 1.82) is 0 Å². The second-order valence-electron chi connectivity index (χ2n) is 5.56. The maximum absolute atomic E-state index is 13.8. The highest BCUT2D eigenvalue weighted by Crippen LogP contribution is 2.23. The van der Waals surface area contributed by atoms with Crippen LogP contribution in [-0.4, -0.2) is 24.4 Å². The van der Waals surface area contributed by atoms with E-state index in [2.05, 4.69) is 10.6 Å². The first-order valence-corrected chi connectivity index (χ1v) is 7.02. The maximum atomic E-state index is 13.8. The molecule has 21 heavy (non-hydrogen) atoms. The first-order valence-electron chi connectivity index (χ1n) is 7.02. The highest BCUT2D eigenvalue weighted by atomic mass is 19.1. The number of rotatable bonds is 3. The fourth-order valence-corrected chi connectivity index (χ4v) is 2.56. The Balaban J connectivity index is 2.18. The molecule has 4 N–H and O–H groups in total. The van der Waals surface area contributed by atoms with Crippen molar-refractivity contribution in [2.45, 2.75) is 32.7 Å². The molecule has 0 aromatic heterocycles. The molecule has 6 heteroatoms. The zero-order chi connectivity index (χ0) is 15.6. The molecule has 0 aliphatic carbocycles. The van der Waals surface area contributed by atoms with Gasteiger partial charge in [-0.2, -0.15) is 0 Å². The smallest absolute Gasteiger partial charge is 0.248 e. The average Bonchev–Trinajstić information content (AvgIpc) is 2.43. The molecule has 2 unspecified atom stereocenters. The summed E-state index contributed by atoms with van der Waals surface area (Å²) >= 11 is 0. The number of hydrogen-bond donors (Lipinski definition) is 3. The van der Waals surface area contributed by atoms with E-state index in [4.69, 9.17) is 5.73 Å². The van der Waals surface area contributed by atoms with Crippen LogP contribution in [0.3, 0.4) is 0 Å². The van der Waals surface area contributed by atoms with Crippen LogP contribution in [0.2, 0.25) is 0 Å². The summed E-state index contributed by atoms with van der Waals surface area (Å²) in [7, 11) is 0. The predicted octanol–water partition coefficient (Wildman–Crippen LogP) is 1.56. The quantitative estimate of drug-likeness (QED) is 0.790. The van der Waals surface area contributed by atoms with Crippen molar-refractivity contribution < 1.29 is 14.0 Å². The lowest BCUT2D eigenvalue weighted by Crippen LogP contribution is -2.40. The summed E-state index contributed by atoms with van der Waals surface area (Å²) < 4.78 is 13.8. The average molecular weight is 293 g/mol. The molecule has 1 aliphatic rings. The Labute approximate surface area is 123 Å². The molecule has 2 amide bonds. The van der Waals surface area contributed by atoms with Crippen LogP contribution < -0.4 is 16.4 Å². The Kier molecular flexibility index (Phi) is 4.57. The van der Waals surface area contributed by atoms with Crippen LogP contribution in [0.15, 0.2) is 12.1 Å². The zero-order valence-electron chi connectivity index (χ0n) is 12.2. The highest BCUT2D eigenvalue weighted by molar-refractivity contribution is 5.97. The van der Waals surface area contributed by atoms with Gasteiger partial charge in [0.15, 0.2) is 0 Å². The molecule has 114 valence electrons. The van der Waals surface area contributed by atoms with Crippen molar-refractivity contribution >= 4 is 17.5 Å². The van der Waals surface area contributed by atoms with Gasteiger partial charge in [0.25, 0.3) is 0 Å². The molecule has 1 aromatic rings. The van der Waals surface area contributed by atoms with Gasteiger partial charge in [0.2, 0.25) is 11.8 Å². The molecular formula is C15H20FN3O2. The largest absolute Gasteiger partial charge is 0.366 e. The third-order valence-electron chi connectivity index (χ3n) is 3.88. The summed E-state index contributed by atoms with van der Waals surface area (Å²) in [4.78, 5) is 23.5. The summed E-state index contributed by atoms with van der Waals surface area (Å²) in [5.74, 6) is -1.53. The Bertz CT molecular complexity index is 574. The lowest BCUT2D eigenvalue weighted by molar-refractivity contribution is -0.120. The van der Waals surface area contributed by atoms with Crippen molar-refractivity contribution in [3.63, 3.8) is 0 Å². The van der Waals surface area contributed by atoms with Gasteiger partial charge in [-0.1, -0.05) is 0 Å². The Morgan fingerprint density at radius 3 is 2.76 bits per heavy atom. The summed E-state index contributed by atoms with van der Waals surface area (Å²) in [5, 5.41) is 6.00. The van der Waals surface area contributed by atoms with Crippen molar-refractivity contribution in [3.05, 3.63) is 29.1 Å². The highest BCUT2D eigenvalue weighted by Gasteiger charge is 2.25. The van der Waals surface area contributed by atoms with Gasteiger partial charge in [0.1, 0.15) is 5.82 Å². The van der Waals surface area contributed by atoms with Gasteiger partial charge >= 0.3 is 0 Å². The first-order chi connectivity index (χ1) is 9.88. The molecular weight excluding hydrogens is 273 g/mol. The van der Waals surface area contributed by atoms with E-state index in [1.54, 1.807) is 6.92 Å². The van der Waals surface area contributed by atoms with E-state index in [9.17, 15) is 14.0 Å². The summed E-state index contributed by atoms with van der Waals surface area (Å²) in [6.45, 7) is 4.37. The number of nitrogens with two attached hydrogens (primary N) is 1. The number of hydrogen-bond acceptors (Lipinski definition) is 3. The van der Waals surface area contributed by atoms with E-state index < -0.39 is 11.7 Å². The maximum Gasteiger partial charge on any atom is 0.248 e. The zero-order valence-corrected chi connectivity index (χ0v) is 12.2. The number of carbonyl (C=O) groups excluding carboxylic acids is 2. The third-order valence-corrected chi connectivity index (χ3v) is 3.88. The number of nitrogens with one attached hydrogen (secondary N) is 2. The fraction of sp³-hybridized carbons (Fsp3) is 0.467. The number of piperidine rings is 1. The number of anilines is 1. The van der Waals surface area contributed by atoms with Gasteiger partial charge in [-0.15, -0.1) is 0 Å². The summed E-state index contributed by atoms with van der Waals surface area (Å²) in [5.41, 5.74) is 5.82. The topological polar surface area (TPSA) is 84.2 Å². The molecule has 2 atom stereocenters. The van der Waals surface area contributed by atoms with Crippen LogP contribution in [0.5, 0.6) is 0 Å². The normalized spacial score (nSPS) is 21.9. The van der Waals surface area contributed by atoms with Gasteiger partial charge < -0.3 is 16.4 Å². The second kappa shape index (κ2) is 6.22. The van der Waals surface area contributed by atoms with Gasteiger partial charge in [-0.05, 0) is 45.4 Å². The SMILES string of the molecule is Cc1c(F)cc(C(N)=O)cc1NC(=O)C1CCNC(C)C1. The van der Waals surface area contributed by atoms with Crippen molar-refractivity contribution in [1.82, 2.24) is 5.32 Å². The van der Waals surface area contributed by atoms with E-state index in [0.717, 1.165) is 25.5 Å². The van der Waals surface area contributed by atoms with Crippen LogP contribution in [0.1, 0.15) is 35.7 Å². The van der Waals surface area contributed by atoms with Gasteiger partial charge in [-0.25, -0.2) is 4.39 Å². The molecule has 5 nitrogen and oxygen atoms in total. The van der Waals surface area contributed by atoms with Crippen LogP contribution in [0.4, 0.5) is 10.1 Å². The molecule has 1 fully saturated rings. The van der Waals surface area contributed by atoms with E-state index in [-0.39, 0.29) is 23.4 Å². The fourth-order valence-electron chi connectivity index (χ4n) is 2.56. The molecule has 2 rings (SSSR count). The van der Waals surface area contributed by atoms with E-state index in [0.29, 0.717) is 11.3 Å². The Morgan fingerprint density at radius 1 is 1.43 bits per heavy atom. The number of carbonyl (C=O) groups is 2. The standard InChI is InChI=1S/C15H20FN3O2/c1-8-5-10(3-4-18-8)15(21)19-13-7-11(14(17)20)6-12(16)9(13)2/h6-8,10,18H,3-5H2,1-2H3,(H2,17,20)(H,19,21). The lowest BCUT2D eigenvalue weighted by atomic mass is 9.92. The molecule has 1 saturated heterocycles. The minimum absolute atomic E-state index is 0.0482. The second-order valence-corrected chi connectivity index (χ2v) is 5.56. The third kappa shape index (κ3) is 3.58. The monoisotopic (exact) mass is 293 g/mol. The molecule has 0 radical (unpaired) electrons. The summed E-state index contributed by atoms with van der Waals surface area (Å²) in [6, 6.07) is 2.78. The molecule has 0 spiro atoms. The van der Waals surface area contributed by atoms with Crippen LogP contribution in [0, 0.1) is 18.7 Å². The Morgan fingerprint density at radius 2 is 2.14 bits per heavy atom. The van der Waals surface area contributed by atoms with Crippen LogP contribution in [0.25, 0.3) is 0 Å². The van der Waals surface area contributed by atoms with Gasteiger partial charge in [0, 0.05) is 28.8 Å². The van der Waals surface area contributed by atoms with Gasteiger partial charge in [-0.3, -0.25) is 9.59 Å². The minimum atomic E-state index is -0.722. The van der Waals surface area contributed by atoms with Crippen LogP contribution >= 0.6 is 0 Å². The number of primary amides is 1. The number of halogens is 1. The molecule has 1 aliphatic heterocycles. The van der Waals surface area contributed by atoms with Crippen molar-refractivity contribution in [2.24, 2.45) is 11.7 Å². The van der Waals surface area contributed by atoms with E-state index in [1.807, 2.05) is 6.92 Å². The number of benzene rings is 1. The van der Waals surface area contributed by atoms with Crippen molar-refractivity contribution in [2.75, 3.05) is 11.9 Å². The summed E-state index contributed by atoms with van der Waals surface area (Å²) in [6.07, 6.45) is 1.48. The molecule has 0 bridgehead atoms. The van der Waals surface area contributed by atoms with Crippen LogP contribution in [-0.2, 0) is 4.79 Å². The number of amides is 2. The predicted molar refractivity (Wildman–Crippen MR) is 78.5 cm³/mol. The van der Waals surface area contributed by atoms with E-state index in [1.165, 1.54) is 6.07 Å². The van der Waals surface area contributed by atoms with Crippen molar-refractivity contribution in [3.8, 4) is 0 Å². The van der Waals surface area contributed by atoms with Gasteiger partial charge in [0.05, 0.1) is 0 Å². The minimum Gasteiger partial charge on any atom is -0.366 e. The molecule has 1 heterocycles. The lowest BCUT2D eigenvalue weighted by Gasteiger charge is -2.27. The van der Waals surface area contributed by atoms with E-state index >= 15 is 0 Å². The molecule has 1 aromatic carbocycles.